The van der Waals surface area contributed by atoms with Crippen molar-refractivity contribution in [2.24, 2.45) is 0 Å². The number of halogens is 1. The van der Waals surface area contributed by atoms with Gasteiger partial charge in [0, 0.05) is 10.7 Å². The lowest BCUT2D eigenvalue weighted by Gasteiger charge is -2.10. The van der Waals surface area contributed by atoms with Gasteiger partial charge in [-0.1, -0.05) is 0 Å². The van der Waals surface area contributed by atoms with Gasteiger partial charge in [0.2, 0.25) is 0 Å². The maximum Gasteiger partial charge on any atom is 0.325 e. The van der Waals surface area contributed by atoms with E-state index in [0.29, 0.717) is 10.0 Å². The van der Waals surface area contributed by atoms with Crippen LogP contribution >= 0.6 is 15.9 Å². The Hall–Kier alpha value is -1.61. The number of aliphatic carboxylic acids is 1. The Balaban J connectivity index is 2.96. The second-order valence-corrected chi connectivity index (χ2v) is 3.78. The highest BCUT2D eigenvalue weighted by Crippen LogP contribution is 2.17. The number of carboxylic acid groups (broad SMARTS) is 1. The molecule has 1 heterocycles. The van der Waals surface area contributed by atoms with Gasteiger partial charge >= 0.3 is 5.97 Å². The first-order valence-corrected chi connectivity index (χ1v) is 4.89. The third kappa shape index (κ3) is 2.92. The van der Waals surface area contributed by atoms with Crippen LogP contribution in [-0.4, -0.2) is 22.1 Å². The minimum atomic E-state index is -0.997. The van der Waals surface area contributed by atoms with Gasteiger partial charge in [-0.15, -0.1) is 0 Å². The summed E-state index contributed by atoms with van der Waals surface area (Å²) in [5.74, 6) is -0.723. The molecule has 0 fully saturated rings. The van der Waals surface area contributed by atoms with Gasteiger partial charge in [-0.3, -0.25) is 4.79 Å². The molecule has 78 valence electrons. The number of anilines is 1. The molecule has 0 saturated heterocycles. The van der Waals surface area contributed by atoms with Crippen molar-refractivity contribution in [3.05, 3.63) is 22.3 Å². The molecule has 2 N–H and O–H groups in total. The average Bonchev–Trinajstić information content (AvgIpc) is 2.20. The quantitative estimate of drug-likeness (QED) is 0.871. The lowest BCUT2D eigenvalue weighted by atomic mass is 10.2. The van der Waals surface area contributed by atoms with Crippen LogP contribution in [0.4, 0.5) is 5.82 Å². The van der Waals surface area contributed by atoms with E-state index in [1.807, 2.05) is 6.07 Å². The molecule has 6 heteroatoms. The highest BCUT2D eigenvalue weighted by atomic mass is 79.9. The van der Waals surface area contributed by atoms with Crippen LogP contribution in [0, 0.1) is 11.3 Å². The number of rotatable bonds is 3. The van der Waals surface area contributed by atoms with Gasteiger partial charge in [-0.2, -0.15) is 5.26 Å². The molecule has 1 aromatic heterocycles. The number of pyridine rings is 1. The Labute approximate surface area is 94.9 Å². The predicted molar refractivity (Wildman–Crippen MR) is 57.4 cm³/mol. The smallest absolute Gasteiger partial charge is 0.325 e. The predicted octanol–water partition coefficient (Wildman–Crippen LogP) is 1.60. The van der Waals surface area contributed by atoms with Crippen LogP contribution in [0.5, 0.6) is 0 Å². The van der Waals surface area contributed by atoms with Crippen molar-refractivity contribution in [3.8, 4) is 6.07 Å². The maximum atomic E-state index is 10.6. The molecule has 0 radical (unpaired) electrons. The highest BCUT2D eigenvalue weighted by molar-refractivity contribution is 9.10. The molecular weight excluding hydrogens is 262 g/mol. The van der Waals surface area contributed by atoms with Crippen LogP contribution < -0.4 is 5.32 Å². The van der Waals surface area contributed by atoms with Gasteiger partial charge in [-0.25, -0.2) is 4.98 Å². The SMILES string of the molecule is C[C@H](Nc1ncc(Br)cc1C#N)C(=O)O. The summed E-state index contributed by atoms with van der Waals surface area (Å²) in [4.78, 5) is 14.5. The molecule has 0 aliphatic carbocycles. The normalized spacial score (nSPS) is 11.5. The van der Waals surface area contributed by atoms with Crippen molar-refractivity contribution in [1.82, 2.24) is 4.98 Å². The molecule has 0 spiro atoms. The van der Waals surface area contributed by atoms with Crippen LogP contribution in [0.2, 0.25) is 0 Å². The molecule has 5 nitrogen and oxygen atoms in total. The zero-order valence-electron chi connectivity index (χ0n) is 7.86. The van der Waals surface area contributed by atoms with Crippen LogP contribution in [0.1, 0.15) is 12.5 Å². The Morgan fingerprint density at radius 2 is 2.47 bits per heavy atom. The van der Waals surface area contributed by atoms with Crippen LogP contribution in [-0.2, 0) is 4.79 Å². The van der Waals surface area contributed by atoms with Gasteiger partial charge in [-0.05, 0) is 28.9 Å². The number of hydrogen-bond acceptors (Lipinski definition) is 4. The summed E-state index contributed by atoms with van der Waals surface area (Å²) < 4.78 is 0.674. The van der Waals surface area contributed by atoms with Crippen LogP contribution in [0.15, 0.2) is 16.7 Å². The Bertz CT molecular complexity index is 428. The zero-order chi connectivity index (χ0) is 11.4. The van der Waals surface area contributed by atoms with Gasteiger partial charge in [0.15, 0.2) is 0 Å². The molecule has 0 bridgehead atoms. The number of hydrogen-bond donors (Lipinski definition) is 2. The molecule has 1 rings (SSSR count). The molecule has 1 aromatic rings. The molecule has 0 saturated carbocycles. The summed E-state index contributed by atoms with van der Waals surface area (Å²) in [5, 5.41) is 20.1. The van der Waals surface area contributed by atoms with E-state index in [4.69, 9.17) is 10.4 Å². The third-order valence-electron chi connectivity index (χ3n) is 1.70. The lowest BCUT2D eigenvalue weighted by molar-refractivity contribution is -0.137. The summed E-state index contributed by atoms with van der Waals surface area (Å²) in [6.45, 7) is 1.48. The van der Waals surface area contributed by atoms with E-state index in [0.717, 1.165) is 0 Å². The van der Waals surface area contributed by atoms with Crippen LogP contribution in [0.25, 0.3) is 0 Å². The first-order chi connectivity index (χ1) is 7.04. The van der Waals surface area contributed by atoms with Gasteiger partial charge in [0.05, 0.1) is 5.56 Å². The Kier molecular flexibility index (Phi) is 3.63. The zero-order valence-corrected chi connectivity index (χ0v) is 9.45. The number of aromatic nitrogens is 1. The standard InChI is InChI=1S/C9H8BrN3O2/c1-5(9(14)15)13-8-6(3-11)2-7(10)4-12-8/h2,4-5H,1H3,(H,12,13)(H,14,15)/t5-/m0/s1. The van der Waals surface area contributed by atoms with Crippen molar-refractivity contribution in [3.63, 3.8) is 0 Å². The summed E-state index contributed by atoms with van der Waals surface area (Å²) in [7, 11) is 0. The van der Waals surface area contributed by atoms with Crippen molar-refractivity contribution in [2.75, 3.05) is 5.32 Å². The minimum Gasteiger partial charge on any atom is -0.480 e. The second-order valence-electron chi connectivity index (χ2n) is 2.87. The monoisotopic (exact) mass is 269 g/mol. The molecule has 15 heavy (non-hydrogen) atoms. The third-order valence-corrected chi connectivity index (χ3v) is 2.13. The van der Waals surface area contributed by atoms with Crippen molar-refractivity contribution in [1.29, 1.82) is 5.26 Å². The average molecular weight is 270 g/mol. The van der Waals surface area contributed by atoms with E-state index < -0.39 is 12.0 Å². The number of nitrogens with one attached hydrogen (secondary N) is 1. The van der Waals surface area contributed by atoms with Crippen molar-refractivity contribution < 1.29 is 9.90 Å². The van der Waals surface area contributed by atoms with Gasteiger partial charge in [0.1, 0.15) is 17.9 Å². The van der Waals surface area contributed by atoms with Crippen molar-refractivity contribution in [2.45, 2.75) is 13.0 Å². The van der Waals surface area contributed by atoms with E-state index in [1.165, 1.54) is 13.1 Å². The molecule has 0 unspecified atom stereocenters. The fourth-order valence-electron chi connectivity index (χ4n) is 0.906. The minimum absolute atomic E-state index is 0.274. The summed E-state index contributed by atoms with van der Waals surface area (Å²) in [6.07, 6.45) is 1.50. The summed E-state index contributed by atoms with van der Waals surface area (Å²) >= 11 is 3.17. The van der Waals surface area contributed by atoms with E-state index in [9.17, 15) is 4.79 Å². The van der Waals surface area contributed by atoms with E-state index in [2.05, 4.69) is 26.2 Å². The second kappa shape index (κ2) is 4.75. The van der Waals surface area contributed by atoms with Gasteiger partial charge in [0.25, 0.3) is 0 Å². The first-order valence-electron chi connectivity index (χ1n) is 4.09. The summed E-state index contributed by atoms with van der Waals surface area (Å²) in [6, 6.07) is 2.72. The first kappa shape index (κ1) is 11.5. The van der Waals surface area contributed by atoms with E-state index >= 15 is 0 Å². The largest absolute Gasteiger partial charge is 0.480 e. The molecule has 1 atom stereocenters. The fraction of sp³-hybridized carbons (Fsp3) is 0.222. The molecular formula is C9H8BrN3O2. The van der Waals surface area contributed by atoms with Crippen LogP contribution in [0.3, 0.4) is 0 Å². The summed E-state index contributed by atoms with van der Waals surface area (Å²) in [5.41, 5.74) is 0.303. The molecule has 0 aliphatic rings. The molecule has 0 amide bonds. The maximum absolute atomic E-state index is 10.6. The molecule has 0 aromatic carbocycles. The number of carboxylic acids is 1. The van der Waals surface area contributed by atoms with Gasteiger partial charge < -0.3 is 10.4 Å². The fourth-order valence-corrected chi connectivity index (χ4v) is 1.24. The molecule has 0 aliphatic heterocycles. The number of carbonyl (C=O) groups is 1. The number of nitriles is 1. The number of nitrogens with zero attached hydrogens (tertiary/aromatic N) is 2. The Morgan fingerprint density at radius 3 is 3.00 bits per heavy atom. The Morgan fingerprint density at radius 1 is 1.80 bits per heavy atom. The van der Waals surface area contributed by atoms with E-state index in [-0.39, 0.29) is 5.82 Å². The topological polar surface area (TPSA) is 86.0 Å². The highest BCUT2D eigenvalue weighted by Gasteiger charge is 2.13. The lowest BCUT2D eigenvalue weighted by Crippen LogP contribution is -2.26. The van der Waals surface area contributed by atoms with E-state index in [1.54, 1.807) is 6.07 Å². The van der Waals surface area contributed by atoms with Crippen molar-refractivity contribution >= 4 is 27.7 Å².